The Bertz CT molecular complexity index is 499. The summed E-state index contributed by atoms with van der Waals surface area (Å²) in [6.45, 7) is 12.3. The number of Topliss-reactive ketones (excluding diaryl/α,β-unsaturated/α-hetero) is 1. The van der Waals surface area contributed by atoms with Gasteiger partial charge in [0, 0.05) is 17.3 Å². The van der Waals surface area contributed by atoms with Crippen LogP contribution in [0.25, 0.3) is 0 Å². The molecule has 0 radical (unpaired) electrons. The summed E-state index contributed by atoms with van der Waals surface area (Å²) in [5.41, 5.74) is 2.11. The van der Waals surface area contributed by atoms with Crippen LogP contribution in [0.2, 0.25) is 0 Å². The zero-order valence-corrected chi connectivity index (χ0v) is 14.0. The number of rotatable bonds is 2. The molecule has 3 nitrogen and oxygen atoms in total. The lowest BCUT2D eigenvalue weighted by Gasteiger charge is -2.31. The van der Waals surface area contributed by atoms with Crippen LogP contribution in [0.15, 0.2) is 35.1 Å². The van der Waals surface area contributed by atoms with Crippen molar-refractivity contribution < 1.29 is 10.0 Å². The van der Waals surface area contributed by atoms with E-state index < -0.39 is 0 Å². The summed E-state index contributed by atoms with van der Waals surface area (Å²) in [7, 11) is 0. The number of hydroxylamine groups is 2. The molecule has 3 heteroatoms. The van der Waals surface area contributed by atoms with Gasteiger partial charge in [0.2, 0.25) is 0 Å². The zero-order chi connectivity index (χ0) is 16.0. The van der Waals surface area contributed by atoms with Gasteiger partial charge in [0.25, 0.3) is 0 Å². The molecular formula is C18H27NO2. The van der Waals surface area contributed by atoms with E-state index in [-0.39, 0.29) is 22.7 Å². The summed E-state index contributed by atoms with van der Waals surface area (Å²) in [5.74, 6) is 0.128. The Labute approximate surface area is 128 Å². The topological polar surface area (TPSA) is 40.5 Å². The summed E-state index contributed by atoms with van der Waals surface area (Å²) >= 11 is 0. The largest absolute Gasteiger partial charge is 0.289 e. The van der Waals surface area contributed by atoms with E-state index in [1.54, 1.807) is 6.20 Å². The predicted molar refractivity (Wildman–Crippen MR) is 84.8 cm³/mol. The van der Waals surface area contributed by atoms with Crippen molar-refractivity contribution >= 4 is 5.78 Å². The van der Waals surface area contributed by atoms with E-state index in [4.69, 9.17) is 0 Å². The van der Waals surface area contributed by atoms with Gasteiger partial charge in [-0.05, 0) is 41.4 Å². The second-order valence-electron chi connectivity index (χ2n) is 8.19. The molecule has 0 aromatic heterocycles. The summed E-state index contributed by atoms with van der Waals surface area (Å²) < 4.78 is 0. The molecule has 0 aromatic rings. The number of carbonyl (C=O) groups excluding carboxylic acids is 1. The first-order valence-electron chi connectivity index (χ1n) is 7.68. The van der Waals surface area contributed by atoms with Gasteiger partial charge in [-0.3, -0.25) is 15.1 Å². The smallest absolute Gasteiger partial charge is 0.186 e. The van der Waals surface area contributed by atoms with Crippen LogP contribution in [0.1, 0.15) is 54.4 Å². The minimum atomic E-state index is -0.208. The molecular weight excluding hydrogens is 262 g/mol. The molecule has 0 amide bonds. The average molecular weight is 289 g/mol. The van der Waals surface area contributed by atoms with Gasteiger partial charge in [0.1, 0.15) is 0 Å². The van der Waals surface area contributed by atoms with Crippen molar-refractivity contribution in [1.29, 1.82) is 0 Å². The molecule has 0 atom stereocenters. The third kappa shape index (κ3) is 3.65. The van der Waals surface area contributed by atoms with Crippen molar-refractivity contribution in [3.05, 3.63) is 35.1 Å². The van der Waals surface area contributed by atoms with Crippen molar-refractivity contribution in [2.75, 3.05) is 0 Å². The summed E-state index contributed by atoms with van der Waals surface area (Å²) in [4.78, 5) is 12.8. The van der Waals surface area contributed by atoms with Crippen molar-refractivity contribution in [3.63, 3.8) is 0 Å². The molecule has 0 aromatic carbocycles. The third-order valence-corrected chi connectivity index (χ3v) is 3.93. The number of hydrogen-bond acceptors (Lipinski definition) is 3. The first-order chi connectivity index (χ1) is 9.50. The van der Waals surface area contributed by atoms with Gasteiger partial charge < -0.3 is 0 Å². The molecule has 0 heterocycles. The normalized spacial score (nSPS) is 20.1. The van der Waals surface area contributed by atoms with Gasteiger partial charge in [-0.25, -0.2) is 0 Å². The van der Waals surface area contributed by atoms with E-state index in [0.717, 1.165) is 29.6 Å². The second kappa shape index (κ2) is 5.13. The van der Waals surface area contributed by atoms with Crippen LogP contribution in [0.4, 0.5) is 0 Å². The number of allylic oxidation sites excluding steroid dienone is 5. The highest BCUT2D eigenvalue weighted by Gasteiger charge is 2.34. The molecule has 2 aliphatic carbocycles. The second-order valence-corrected chi connectivity index (χ2v) is 8.19. The van der Waals surface area contributed by atoms with Crippen LogP contribution < -0.4 is 0 Å². The van der Waals surface area contributed by atoms with Crippen LogP contribution in [-0.2, 0) is 4.79 Å². The molecule has 2 rings (SSSR count). The maximum absolute atomic E-state index is 12.8. The van der Waals surface area contributed by atoms with Gasteiger partial charge in [0.05, 0.1) is 6.04 Å². The van der Waals surface area contributed by atoms with Crippen LogP contribution >= 0.6 is 0 Å². The Morgan fingerprint density at radius 2 is 1.48 bits per heavy atom. The monoisotopic (exact) mass is 289 g/mol. The first-order valence-corrected chi connectivity index (χ1v) is 7.68. The minimum Gasteiger partial charge on any atom is -0.289 e. The molecule has 0 saturated heterocycles. The number of carbonyl (C=O) groups is 1. The Hall–Kier alpha value is -1.35. The molecule has 0 spiro atoms. The number of ketones is 1. The summed E-state index contributed by atoms with van der Waals surface area (Å²) in [5, 5.41) is 11.3. The zero-order valence-electron chi connectivity index (χ0n) is 14.0. The quantitative estimate of drug-likeness (QED) is 0.772. The summed E-state index contributed by atoms with van der Waals surface area (Å²) in [6, 6.07) is 0.244. The van der Waals surface area contributed by atoms with E-state index in [0.29, 0.717) is 0 Å². The maximum Gasteiger partial charge on any atom is 0.186 e. The van der Waals surface area contributed by atoms with Crippen LogP contribution in [0, 0.1) is 10.8 Å². The number of nitrogens with zero attached hydrogens (tertiary/aromatic N) is 1. The molecule has 1 N–H and O–H groups in total. The van der Waals surface area contributed by atoms with Crippen molar-refractivity contribution in [1.82, 2.24) is 5.06 Å². The van der Waals surface area contributed by atoms with E-state index in [9.17, 15) is 10.0 Å². The van der Waals surface area contributed by atoms with Crippen molar-refractivity contribution in [3.8, 4) is 0 Å². The lowest BCUT2D eigenvalue weighted by atomic mass is 9.72. The van der Waals surface area contributed by atoms with Crippen molar-refractivity contribution in [2.24, 2.45) is 10.8 Å². The minimum absolute atomic E-state index is 0.128. The van der Waals surface area contributed by atoms with Gasteiger partial charge in [0.15, 0.2) is 5.78 Å². The maximum atomic E-state index is 12.8. The highest BCUT2D eigenvalue weighted by atomic mass is 16.5. The van der Waals surface area contributed by atoms with E-state index >= 15 is 0 Å². The molecule has 1 saturated carbocycles. The van der Waals surface area contributed by atoms with Gasteiger partial charge in [-0.1, -0.05) is 41.5 Å². The highest BCUT2D eigenvalue weighted by molar-refractivity contribution is 6.11. The molecule has 21 heavy (non-hydrogen) atoms. The van der Waals surface area contributed by atoms with Gasteiger partial charge >= 0.3 is 0 Å². The van der Waals surface area contributed by atoms with Gasteiger partial charge in [-0.2, -0.15) is 0 Å². The Kier molecular flexibility index (Phi) is 3.92. The van der Waals surface area contributed by atoms with E-state index in [1.807, 2.05) is 12.2 Å². The third-order valence-electron chi connectivity index (χ3n) is 3.93. The molecule has 116 valence electrons. The fourth-order valence-corrected chi connectivity index (χ4v) is 2.44. The predicted octanol–water partition coefficient (Wildman–Crippen LogP) is 4.25. The Morgan fingerprint density at radius 1 is 1.05 bits per heavy atom. The molecule has 0 aliphatic heterocycles. The summed E-state index contributed by atoms with van der Waals surface area (Å²) in [6.07, 6.45) is 7.66. The Balaban J connectivity index is 2.44. The van der Waals surface area contributed by atoms with E-state index in [2.05, 4.69) is 41.5 Å². The van der Waals surface area contributed by atoms with E-state index in [1.165, 1.54) is 5.06 Å². The number of hydrogen-bond donors (Lipinski definition) is 1. The van der Waals surface area contributed by atoms with Crippen LogP contribution in [0.3, 0.4) is 0 Å². The SMILES string of the molecule is CC(C)(C)C1=CC(=CN(O)C2CC2)C=C(C(C)(C)C)C1=O. The van der Waals surface area contributed by atoms with Crippen LogP contribution in [-0.4, -0.2) is 22.1 Å². The molecule has 2 aliphatic rings. The fourth-order valence-electron chi connectivity index (χ4n) is 2.44. The van der Waals surface area contributed by atoms with Crippen molar-refractivity contribution in [2.45, 2.75) is 60.4 Å². The lowest BCUT2D eigenvalue weighted by molar-refractivity contribution is -0.114. The first kappa shape index (κ1) is 16.0. The molecule has 0 unspecified atom stereocenters. The highest BCUT2D eigenvalue weighted by Crippen LogP contribution is 2.39. The Morgan fingerprint density at radius 3 is 1.81 bits per heavy atom. The molecule has 0 bridgehead atoms. The standard InChI is InChI=1S/C18H27NO2/c1-17(2,3)14-9-12(11-19(21)13-7-8-13)10-15(16(14)20)18(4,5)6/h9-11,13,21H,7-8H2,1-6H3. The fraction of sp³-hybridized carbons (Fsp3) is 0.611. The average Bonchev–Trinajstić information content (AvgIpc) is 3.11. The van der Waals surface area contributed by atoms with Gasteiger partial charge in [-0.15, -0.1) is 0 Å². The van der Waals surface area contributed by atoms with Crippen LogP contribution in [0.5, 0.6) is 0 Å². The lowest BCUT2D eigenvalue weighted by Crippen LogP contribution is -2.28. The molecule has 1 fully saturated rings.